The highest BCUT2D eigenvalue weighted by Gasteiger charge is 2.35. The molecule has 0 aliphatic rings. The number of carbonyl (C=O) groups excluding carboxylic acids is 2. The van der Waals surface area contributed by atoms with E-state index in [9.17, 15) is 22.4 Å². The molecular formula is C34H35BrFN3O4S. The number of amides is 2. The summed E-state index contributed by atoms with van der Waals surface area (Å²) in [6, 6.07) is 28.4. The standard InChI is InChI=1S/C34H35BrFN3O4S/c1-34(2,3)37-33(41)31(22-25-10-6-4-7-11-25)38(23-26-14-18-28(36)19-15-26)32(40)24-39(29-20-16-27(35)17-21-29)44(42,43)30-12-8-5-9-13-30/h4-21,31H,22-24H2,1-3H3,(H,37,41)/t31-/m1/s1. The quantitative estimate of drug-likeness (QED) is 0.201. The van der Waals surface area contributed by atoms with Crippen LogP contribution in [-0.2, 0) is 32.6 Å². The molecule has 0 aromatic heterocycles. The van der Waals surface area contributed by atoms with Crippen molar-refractivity contribution >= 4 is 43.5 Å². The van der Waals surface area contributed by atoms with E-state index in [1.54, 1.807) is 54.6 Å². The number of anilines is 1. The maximum Gasteiger partial charge on any atom is 0.264 e. The van der Waals surface area contributed by atoms with Crippen LogP contribution in [0.15, 0.2) is 119 Å². The molecule has 230 valence electrons. The Morgan fingerprint density at radius 1 is 0.818 bits per heavy atom. The van der Waals surface area contributed by atoms with Gasteiger partial charge in [0.2, 0.25) is 11.8 Å². The lowest BCUT2D eigenvalue weighted by atomic mass is 10.0. The van der Waals surface area contributed by atoms with Crippen LogP contribution < -0.4 is 9.62 Å². The Hall–Kier alpha value is -4.02. The zero-order valence-corrected chi connectivity index (χ0v) is 27.2. The van der Waals surface area contributed by atoms with Gasteiger partial charge in [-0.2, -0.15) is 0 Å². The fraction of sp³-hybridized carbons (Fsp3) is 0.235. The van der Waals surface area contributed by atoms with E-state index in [-0.39, 0.29) is 23.5 Å². The van der Waals surface area contributed by atoms with Crippen LogP contribution in [0.25, 0.3) is 0 Å². The number of sulfonamides is 1. The molecule has 4 aromatic rings. The summed E-state index contributed by atoms with van der Waals surface area (Å²) in [5, 5.41) is 2.99. The van der Waals surface area contributed by atoms with Crippen molar-refractivity contribution in [2.24, 2.45) is 0 Å². The van der Waals surface area contributed by atoms with Gasteiger partial charge in [0.15, 0.2) is 0 Å². The summed E-state index contributed by atoms with van der Waals surface area (Å²) < 4.78 is 43.5. The summed E-state index contributed by atoms with van der Waals surface area (Å²) in [5.41, 5.74) is 1.09. The summed E-state index contributed by atoms with van der Waals surface area (Å²) >= 11 is 3.38. The molecule has 0 heterocycles. The van der Waals surface area contributed by atoms with Gasteiger partial charge in [0.25, 0.3) is 10.0 Å². The Bertz CT molecular complexity index is 1660. The molecule has 0 bridgehead atoms. The highest BCUT2D eigenvalue weighted by Crippen LogP contribution is 2.26. The van der Waals surface area contributed by atoms with Gasteiger partial charge in [-0.3, -0.25) is 13.9 Å². The summed E-state index contributed by atoms with van der Waals surface area (Å²) in [6.07, 6.45) is 0.180. The van der Waals surface area contributed by atoms with E-state index in [1.165, 1.54) is 29.2 Å². The number of nitrogens with zero attached hydrogens (tertiary/aromatic N) is 2. The lowest BCUT2D eigenvalue weighted by Gasteiger charge is -2.35. The maximum absolute atomic E-state index is 14.4. The molecule has 4 rings (SSSR count). The largest absolute Gasteiger partial charge is 0.350 e. The van der Waals surface area contributed by atoms with Crippen molar-refractivity contribution in [3.63, 3.8) is 0 Å². The summed E-state index contributed by atoms with van der Waals surface area (Å²) in [5.74, 6) is -1.42. The van der Waals surface area contributed by atoms with E-state index in [0.717, 1.165) is 14.3 Å². The molecule has 0 aliphatic heterocycles. The van der Waals surface area contributed by atoms with Gasteiger partial charge in [-0.15, -0.1) is 0 Å². The second-order valence-electron chi connectivity index (χ2n) is 11.4. The lowest BCUT2D eigenvalue weighted by molar-refractivity contribution is -0.140. The summed E-state index contributed by atoms with van der Waals surface area (Å²) in [4.78, 5) is 29.7. The van der Waals surface area contributed by atoms with Gasteiger partial charge in [-0.05, 0) is 80.4 Å². The Balaban J connectivity index is 1.80. The van der Waals surface area contributed by atoms with Crippen molar-refractivity contribution in [3.05, 3.63) is 131 Å². The van der Waals surface area contributed by atoms with Crippen LogP contribution in [0.1, 0.15) is 31.9 Å². The minimum Gasteiger partial charge on any atom is -0.350 e. The number of hydrogen-bond donors (Lipinski definition) is 1. The minimum atomic E-state index is -4.19. The van der Waals surface area contributed by atoms with Crippen LogP contribution >= 0.6 is 15.9 Å². The average molecular weight is 681 g/mol. The smallest absolute Gasteiger partial charge is 0.264 e. The zero-order valence-electron chi connectivity index (χ0n) is 24.8. The molecule has 0 fully saturated rings. The van der Waals surface area contributed by atoms with Crippen molar-refractivity contribution in [3.8, 4) is 0 Å². The van der Waals surface area contributed by atoms with Crippen LogP contribution in [0.2, 0.25) is 0 Å². The van der Waals surface area contributed by atoms with Crippen molar-refractivity contribution in [1.29, 1.82) is 0 Å². The van der Waals surface area contributed by atoms with Gasteiger partial charge in [-0.1, -0.05) is 76.6 Å². The fourth-order valence-corrected chi connectivity index (χ4v) is 6.35. The van der Waals surface area contributed by atoms with Gasteiger partial charge in [0.05, 0.1) is 10.6 Å². The van der Waals surface area contributed by atoms with E-state index in [0.29, 0.717) is 5.56 Å². The van der Waals surface area contributed by atoms with E-state index in [4.69, 9.17) is 0 Å². The first-order valence-electron chi connectivity index (χ1n) is 14.1. The van der Waals surface area contributed by atoms with Crippen LogP contribution in [-0.4, -0.2) is 43.3 Å². The van der Waals surface area contributed by atoms with Crippen molar-refractivity contribution in [2.45, 2.75) is 50.2 Å². The third kappa shape index (κ3) is 8.76. The highest BCUT2D eigenvalue weighted by molar-refractivity contribution is 9.10. The predicted octanol–water partition coefficient (Wildman–Crippen LogP) is 6.34. The molecule has 10 heteroatoms. The van der Waals surface area contributed by atoms with Gasteiger partial charge in [0.1, 0.15) is 18.4 Å². The molecule has 4 aromatic carbocycles. The fourth-order valence-electron chi connectivity index (χ4n) is 4.65. The monoisotopic (exact) mass is 679 g/mol. The SMILES string of the molecule is CC(C)(C)NC(=O)[C@@H](Cc1ccccc1)N(Cc1ccc(F)cc1)C(=O)CN(c1ccc(Br)cc1)S(=O)(=O)c1ccccc1. The molecule has 7 nitrogen and oxygen atoms in total. The molecular weight excluding hydrogens is 645 g/mol. The topological polar surface area (TPSA) is 86.8 Å². The normalized spacial score (nSPS) is 12.3. The van der Waals surface area contributed by atoms with E-state index in [1.807, 2.05) is 51.1 Å². The number of rotatable bonds is 11. The van der Waals surface area contributed by atoms with E-state index < -0.39 is 45.8 Å². The molecule has 0 aliphatic carbocycles. The number of carbonyl (C=O) groups is 2. The molecule has 1 N–H and O–H groups in total. The van der Waals surface area contributed by atoms with Crippen molar-refractivity contribution in [2.75, 3.05) is 10.8 Å². The first-order chi connectivity index (χ1) is 20.8. The first kappa shape index (κ1) is 32.9. The van der Waals surface area contributed by atoms with Crippen LogP contribution in [0, 0.1) is 5.82 Å². The van der Waals surface area contributed by atoms with Crippen molar-refractivity contribution in [1.82, 2.24) is 10.2 Å². The van der Waals surface area contributed by atoms with Crippen LogP contribution in [0.4, 0.5) is 10.1 Å². The highest BCUT2D eigenvalue weighted by atomic mass is 79.9. The lowest BCUT2D eigenvalue weighted by Crippen LogP contribution is -2.56. The maximum atomic E-state index is 14.4. The average Bonchev–Trinajstić information content (AvgIpc) is 2.99. The van der Waals surface area contributed by atoms with Gasteiger partial charge in [-0.25, -0.2) is 12.8 Å². The Morgan fingerprint density at radius 3 is 1.95 bits per heavy atom. The van der Waals surface area contributed by atoms with Crippen molar-refractivity contribution < 1.29 is 22.4 Å². The molecule has 0 saturated carbocycles. The molecule has 44 heavy (non-hydrogen) atoms. The summed E-state index contributed by atoms with van der Waals surface area (Å²) in [6.45, 7) is 4.91. The van der Waals surface area contributed by atoms with E-state index >= 15 is 0 Å². The number of halogens is 2. The molecule has 0 saturated heterocycles. The first-order valence-corrected chi connectivity index (χ1v) is 16.3. The molecule has 0 spiro atoms. The minimum absolute atomic E-state index is 0.0205. The third-order valence-electron chi connectivity index (χ3n) is 6.76. The van der Waals surface area contributed by atoms with Crippen LogP contribution in [0.5, 0.6) is 0 Å². The zero-order chi connectivity index (χ0) is 31.9. The molecule has 1 atom stereocenters. The Kier molecular flexibility index (Phi) is 10.6. The Labute approximate surface area is 266 Å². The van der Waals surface area contributed by atoms with Gasteiger partial charge in [0, 0.05) is 23.0 Å². The van der Waals surface area contributed by atoms with Gasteiger partial charge < -0.3 is 10.2 Å². The molecule has 0 radical (unpaired) electrons. The molecule has 0 unspecified atom stereocenters. The van der Waals surface area contributed by atoms with E-state index in [2.05, 4.69) is 21.2 Å². The number of benzene rings is 4. The summed E-state index contributed by atoms with van der Waals surface area (Å²) in [7, 11) is -4.19. The Morgan fingerprint density at radius 2 is 1.39 bits per heavy atom. The van der Waals surface area contributed by atoms with Gasteiger partial charge >= 0.3 is 0 Å². The number of nitrogens with one attached hydrogen (secondary N) is 1. The second-order valence-corrected chi connectivity index (χ2v) is 14.2. The third-order valence-corrected chi connectivity index (χ3v) is 9.08. The predicted molar refractivity (Wildman–Crippen MR) is 174 cm³/mol. The van der Waals surface area contributed by atoms with Crippen LogP contribution in [0.3, 0.4) is 0 Å². The second kappa shape index (κ2) is 14.2. The molecule has 2 amide bonds. The number of hydrogen-bond acceptors (Lipinski definition) is 4.